The summed E-state index contributed by atoms with van der Waals surface area (Å²) in [6, 6.07) is 9.24. The van der Waals surface area contributed by atoms with Crippen LogP contribution in [0.15, 0.2) is 42.6 Å². The molecule has 0 radical (unpaired) electrons. The molecule has 1 N–H and O–H groups in total. The highest BCUT2D eigenvalue weighted by atomic mass is 35.5. The van der Waals surface area contributed by atoms with E-state index in [0.29, 0.717) is 22.3 Å². The lowest BCUT2D eigenvalue weighted by Gasteiger charge is -2.06. The molecule has 0 atom stereocenters. The fourth-order valence-corrected chi connectivity index (χ4v) is 2.60. The van der Waals surface area contributed by atoms with Gasteiger partial charge in [-0.1, -0.05) is 23.7 Å². The Morgan fingerprint density at radius 3 is 2.43 bits per heavy atom. The predicted molar refractivity (Wildman–Crippen MR) is 93.6 cm³/mol. The lowest BCUT2D eigenvalue weighted by molar-refractivity contribution is -0.117. The van der Waals surface area contributed by atoms with Crippen LogP contribution < -0.4 is 5.32 Å². The van der Waals surface area contributed by atoms with Crippen LogP contribution in [0.1, 0.15) is 29.8 Å². The lowest BCUT2D eigenvalue weighted by Crippen LogP contribution is -2.21. The largest absolute Gasteiger partial charge is 0.308 e. The molecule has 2 aromatic heterocycles. The third-order valence-electron chi connectivity index (χ3n) is 3.74. The van der Waals surface area contributed by atoms with Crippen LogP contribution in [0.2, 0.25) is 5.02 Å². The molecule has 0 aliphatic rings. The SMILES string of the molecule is O=C(Cn1nc(C(F)F)cc1C(F)F)Nc1ccn(Cc2ccc(Cl)cc2)n1. The summed E-state index contributed by atoms with van der Waals surface area (Å²) in [5.41, 5.74) is -0.628. The number of carbonyl (C=O) groups excluding carboxylic acids is 1. The third kappa shape index (κ3) is 4.89. The summed E-state index contributed by atoms with van der Waals surface area (Å²) in [5.74, 6) is -0.527. The van der Waals surface area contributed by atoms with Gasteiger partial charge in [-0.25, -0.2) is 17.6 Å². The Morgan fingerprint density at radius 1 is 1.07 bits per heavy atom. The van der Waals surface area contributed by atoms with Crippen molar-refractivity contribution in [2.75, 3.05) is 5.32 Å². The first-order valence-corrected chi connectivity index (χ1v) is 8.41. The van der Waals surface area contributed by atoms with E-state index in [2.05, 4.69) is 15.5 Å². The van der Waals surface area contributed by atoms with Crippen LogP contribution in [0.25, 0.3) is 0 Å². The Labute approximate surface area is 161 Å². The maximum atomic E-state index is 13.0. The van der Waals surface area contributed by atoms with Crippen molar-refractivity contribution in [1.29, 1.82) is 0 Å². The van der Waals surface area contributed by atoms with E-state index >= 15 is 0 Å². The van der Waals surface area contributed by atoms with E-state index < -0.39 is 36.7 Å². The van der Waals surface area contributed by atoms with Crippen LogP contribution >= 0.6 is 11.6 Å². The molecule has 0 unspecified atom stereocenters. The van der Waals surface area contributed by atoms with Gasteiger partial charge in [-0.15, -0.1) is 0 Å². The van der Waals surface area contributed by atoms with Crippen molar-refractivity contribution in [2.45, 2.75) is 25.9 Å². The number of hydrogen-bond acceptors (Lipinski definition) is 3. The molecular formula is C17H14ClF4N5O. The number of rotatable bonds is 7. The summed E-state index contributed by atoms with van der Waals surface area (Å²) < 4.78 is 53.4. The van der Waals surface area contributed by atoms with Crippen LogP contribution in [0.3, 0.4) is 0 Å². The van der Waals surface area contributed by atoms with Crippen LogP contribution in [0.5, 0.6) is 0 Å². The molecular weight excluding hydrogens is 402 g/mol. The lowest BCUT2D eigenvalue weighted by atomic mass is 10.2. The number of aromatic nitrogens is 4. The molecule has 0 aliphatic heterocycles. The second-order valence-corrected chi connectivity index (χ2v) is 6.26. The summed E-state index contributed by atoms with van der Waals surface area (Å²) in [5, 5.41) is 10.6. The fourth-order valence-electron chi connectivity index (χ4n) is 2.47. The van der Waals surface area contributed by atoms with E-state index in [4.69, 9.17) is 11.6 Å². The van der Waals surface area contributed by atoms with Gasteiger partial charge in [0.05, 0.1) is 6.54 Å². The number of amides is 1. The first-order valence-electron chi connectivity index (χ1n) is 8.03. The molecule has 1 amide bonds. The van der Waals surface area contributed by atoms with E-state index in [1.54, 1.807) is 23.0 Å². The normalized spacial score (nSPS) is 11.4. The number of carbonyl (C=O) groups is 1. The number of alkyl halides is 4. The molecule has 6 nitrogen and oxygen atoms in total. The van der Waals surface area contributed by atoms with Gasteiger partial charge in [0.2, 0.25) is 5.91 Å². The number of hydrogen-bond donors (Lipinski definition) is 1. The zero-order valence-electron chi connectivity index (χ0n) is 14.2. The molecule has 148 valence electrons. The standard InChI is InChI=1S/C17H14ClF4N5O/c18-11-3-1-10(2-4-11)8-26-6-5-14(25-26)23-15(28)9-27-13(17(21)22)7-12(24-27)16(19)20/h1-7,16-17H,8-9H2,(H,23,25,28). The number of nitrogens with zero attached hydrogens (tertiary/aromatic N) is 4. The third-order valence-corrected chi connectivity index (χ3v) is 3.99. The molecule has 0 fully saturated rings. The molecule has 0 saturated heterocycles. The minimum absolute atomic E-state index is 0.193. The Bertz CT molecular complexity index is 955. The van der Waals surface area contributed by atoms with Crippen LogP contribution in [-0.4, -0.2) is 25.5 Å². The Hall–Kier alpha value is -2.88. The first kappa shape index (κ1) is 19.9. The Kier molecular flexibility index (Phi) is 5.98. The van der Waals surface area contributed by atoms with Crippen LogP contribution in [0.4, 0.5) is 23.4 Å². The minimum Gasteiger partial charge on any atom is -0.308 e. The van der Waals surface area contributed by atoms with Crippen molar-refractivity contribution in [3.8, 4) is 0 Å². The zero-order valence-corrected chi connectivity index (χ0v) is 15.0. The van der Waals surface area contributed by atoms with E-state index in [9.17, 15) is 22.4 Å². The summed E-state index contributed by atoms with van der Waals surface area (Å²) in [6.07, 6.45) is -4.42. The van der Waals surface area contributed by atoms with Crippen molar-refractivity contribution in [2.24, 2.45) is 0 Å². The summed E-state index contributed by atoms with van der Waals surface area (Å²) in [7, 11) is 0. The van der Waals surface area contributed by atoms with Gasteiger partial charge in [0, 0.05) is 17.3 Å². The molecule has 3 aromatic rings. The summed E-state index contributed by atoms with van der Waals surface area (Å²) >= 11 is 5.83. The predicted octanol–water partition coefficient (Wildman–Crippen LogP) is 4.30. The summed E-state index contributed by atoms with van der Waals surface area (Å²) in [6.45, 7) is -0.212. The molecule has 0 spiro atoms. The molecule has 11 heteroatoms. The van der Waals surface area contributed by atoms with Gasteiger partial charge in [0.1, 0.15) is 17.9 Å². The number of benzene rings is 1. The Morgan fingerprint density at radius 2 is 1.79 bits per heavy atom. The molecule has 3 rings (SSSR count). The van der Waals surface area contributed by atoms with Gasteiger partial charge in [0.15, 0.2) is 5.82 Å². The number of anilines is 1. The second-order valence-electron chi connectivity index (χ2n) is 5.83. The highest BCUT2D eigenvalue weighted by Crippen LogP contribution is 2.25. The van der Waals surface area contributed by atoms with Gasteiger partial charge < -0.3 is 5.32 Å². The van der Waals surface area contributed by atoms with E-state index in [0.717, 1.165) is 5.56 Å². The molecule has 2 heterocycles. The Balaban J connectivity index is 1.64. The molecule has 0 aliphatic carbocycles. The molecule has 0 saturated carbocycles. The second kappa shape index (κ2) is 8.42. The maximum absolute atomic E-state index is 13.0. The van der Waals surface area contributed by atoms with Crippen molar-refractivity contribution in [3.63, 3.8) is 0 Å². The van der Waals surface area contributed by atoms with Gasteiger partial charge >= 0.3 is 0 Å². The quantitative estimate of drug-likeness (QED) is 0.585. The first-order chi connectivity index (χ1) is 13.3. The highest BCUT2D eigenvalue weighted by molar-refractivity contribution is 6.30. The van der Waals surface area contributed by atoms with Crippen LogP contribution in [0, 0.1) is 0 Å². The molecule has 28 heavy (non-hydrogen) atoms. The van der Waals surface area contributed by atoms with Crippen molar-refractivity contribution in [3.05, 3.63) is 64.6 Å². The molecule has 0 bridgehead atoms. The molecule has 1 aromatic carbocycles. The average Bonchev–Trinajstić information content (AvgIpc) is 3.24. The monoisotopic (exact) mass is 415 g/mol. The van der Waals surface area contributed by atoms with E-state index in [1.165, 1.54) is 6.07 Å². The van der Waals surface area contributed by atoms with Gasteiger partial charge in [-0.3, -0.25) is 14.2 Å². The minimum atomic E-state index is -3.04. The zero-order chi connectivity index (χ0) is 20.3. The summed E-state index contributed by atoms with van der Waals surface area (Å²) in [4.78, 5) is 12.1. The van der Waals surface area contributed by atoms with Gasteiger partial charge in [-0.05, 0) is 23.8 Å². The maximum Gasteiger partial charge on any atom is 0.282 e. The average molecular weight is 416 g/mol. The van der Waals surface area contributed by atoms with Gasteiger partial charge in [-0.2, -0.15) is 10.2 Å². The number of halogens is 5. The van der Waals surface area contributed by atoms with E-state index in [1.807, 2.05) is 12.1 Å². The fraction of sp³-hybridized carbons (Fsp3) is 0.235. The van der Waals surface area contributed by atoms with Crippen molar-refractivity contribution < 1.29 is 22.4 Å². The van der Waals surface area contributed by atoms with E-state index in [-0.39, 0.29) is 5.82 Å². The van der Waals surface area contributed by atoms with Gasteiger partial charge in [0.25, 0.3) is 12.9 Å². The van der Waals surface area contributed by atoms with Crippen molar-refractivity contribution in [1.82, 2.24) is 19.6 Å². The van der Waals surface area contributed by atoms with Crippen molar-refractivity contribution >= 4 is 23.3 Å². The van der Waals surface area contributed by atoms with Crippen LogP contribution in [-0.2, 0) is 17.9 Å². The number of nitrogens with one attached hydrogen (secondary N) is 1. The highest BCUT2D eigenvalue weighted by Gasteiger charge is 2.22. The smallest absolute Gasteiger partial charge is 0.282 e. The topological polar surface area (TPSA) is 64.7 Å².